The van der Waals surface area contributed by atoms with Crippen LogP contribution in [-0.2, 0) is 11.2 Å². The van der Waals surface area contributed by atoms with Gasteiger partial charge in [0.05, 0.1) is 6.04 Å². The number of hydrogen-bond donors (Lipinski definition) is 3. The van der Waals surface area contributed by atoms with Crippen LogP contribution in [0.4, 0.5) is 8.78 Å². The van der Waals surface area contributed by atoms with Gasteiger partial charge >= 0.3 is 12.3 Å². The van der Waals surface area contributed by atoms with E-state index in [1.54, 1.807) is 6.07 Å². The first-order valence-electron chi connectivity index (χ1n) is 8.39. The first-order valence-corrected chi connectivity index (χ1v) is 8.39. The number of carboxylic acids is 1. The van der Waals surface area contributed by atoms with Crippen molar-refractivity contribution in [3.05, 3.63) is 59.3 Å². The average Bonchev–Trinajstić information content (AvgIpc) is 3.15. The van der Waals surface area contributed by atoms with E-state index in [9.17, 15) is 18.7 Å². The van der Waals surface area contributed by atoms with Gasteiger partial charge in [0.2, 0.25) is 0 Å². The number of rotatable bonds is 2. The normalized spacial score (nSPS) is 22.6. The van der Waals surface area contributed by atoms with Crippen LogP contribution in [0.3, 0.4) is 0 Å². The molecule has 0 fully saturated rings. The van der Waals surface area contributed by atoms with Crippen molar-refractivity contribution in [1.82, 2.24) is 10.3 Å². The molecule has 0 saturated heterocycles. The lowest BCUT2D eigenvalue weighted by Gasteiger charge is -2.29. The molecule has 2 aromatic carbocycles. The highest BCUT2D eigenvalue weighted by atomic mass is 19.3. The summed E-state index contributed by atoms with van der Waals surface area (Å²) in [6.07, 6.45) is -3.37. The SMILES string of the molecule is O=C(O)[C@@H]1Cc2c([nH]c3ccccc23)[C@H](c2ccc3c(c2)OC(F)(F)O3)N1. The molecular weight excluding hydrogens is 358 g/mol. The number of aromatic amines is 1. The summed E-state index contributed by atoms with van der Waals surface area (Å²) >= 11 is 0. The zero-order chi connectivity index (χ0) is 18.8. The van der Waals surface area contributed by atoms with Gasteiger partial charge in [0.1, 0.15) is 6.04 Å². The Morgan fingerprint density at radius 2 is 1.93 bits per heavy atom. The van der Waals surface area contributed by atoms with E-state index in [1.165, 1.54) is 12.1 Å². The number of benzene rings is 2. The number of H-pyrrole nitrogens is 1. The van der Waals surface area contributed by atoms with Gasteiger partial charge in [-0.25, -0.2) is 0 Å². The number of carbonyl (C=O) groups is 1. The predicted molar refractivity (Wildman–Crippen MR) is 91.1 cm³/mol. The third-order valence-electron chi connectivity index (χ3n) is 4.97. The van der Waals surface area contributed by atoms with Crippen LogP contribution in [0.1, 0.15) is 22.9 Å². The summed E-state index contributed by atoms with van der Waals surface area (Å²) in [4.78, 5) is 15.0. The summed E-state index contributed by atoms with van der Waals surface area (Å²) in [5, 5.41) is 13.6. The summed E-state index contributed by atoms with van der Waals surface area (Å²) in [5.41, 5.74) is 3.23. The van der Waals surface area contributed by atoms with E-state index in [0.717, 1.165) is 22.2 Å². The Kier molecular flexibility index (Phi) is 3.23. The second kappa shape index (κ2) is 5.43. The molecule has 0 radical (unpaired) electrons. The van der Waals surface area contributed by atoms with Crippen molar-refractivity contribution in [3.8, 4) is 11.5 Å². The van der Waals surface area contributed by atoms with Crippen LogP contribution in [0.25, 0.3) is 10.9 Å². The number of para-hydroxylation sites is 1. The lowest BCUT2D eigenvalue weighted by Crippen LogP contribution is -2.44. The Bertz CT molecular complexity index is 1080. The maximum Gasteiger partial charge on any atom is 0.586 e. The van der Waals surface area contributed by atoms with Crippen molar-refractivity contribution < 1.29 is 28.2 Å². The van der Waals surface area contributed by atoms with Gasteiger partial charge in [-0.3, -0.25) is 10.1 Å². The van der Waals surface area contributed by atoms with Gasteiger partial charge in [-0.15, -0.1) is 8.78 Å². The summed E-state index contributed by atoms with van der Waals surface area (Å²) in [7, 11) is 0. The van der Waals surface area contributed by atoms with Gasteiger partial charge in [0, 0.05) is 23.0 Å². The molecule has 0 spiro atoms. The molecule has 0 amide bonds. The molecule has 0 unspecified atom stereocenters. The fraction of sp³-hybridized carbons (Fsp3) is 0.211. The van der Waals surface area contributed by atoms with Crippen LogP contribution in [-0.4, -0.2) is 28.4 Å². The zero-order valence-electron chi connectivity index (χ0n) is 13.8. The number of aromatic nitrogens is 1. The quantitative estimate of drug-likeness (QED) is 0.644. The van der Waals surface area contributed by atoms with E-state index in [2.05, 4.69) is 19.8 Å². The van der Waals surface area contributed by atoms with Crippen LogP contribution < -0.4 is 14.8 Å². The van der Waals surface area contributed by atoms with Gasteiger partial charge in [0.25, 0.3) is 0 Å². The maximum absolute atomic E-state index is 13.3. The Labute approximate surface area is 151 Å². The molecule has 138 valence electrons. The minimum Gasteiger partial charge on any atom is -0.480 e. The number of aliphatic carboxylic acids is 1. The van der Waals surface area contributed by atoms with E-state index in [4.69, 9.17) is 0 Å². The second-order valence-electron chi connectivity index (χ2n) is 6.63. The Balaban J connectivity index is 1.63. The average molecular weight is 372 g/mol. The summed E-state index contributed by atoms with van der Waals surface area (Å²) in [6.45, 7) is 0. The highest BCUT2D eigenvalue weighted by Crippen LogP contribution is 2.44. The molecule has 2 atom stereocenters. The number of halogens is 2. The first kappa shape index (κ1) is 16.1. The van der Waals surface area contributed by atoms with Gasteiger partial charge in [-0.2, -0.15) is 0 Å². The van der Waals surface area contributed by atoms with Gasteiger partial charge in [0.15, 0.2) is 11.5 Å². The van der Waals surface area contributed by atoms with Crippen LogP contribution in [0.5, 0.6) is 11.5 Å². The molecule has 3 N–H and O–H groups in total. The van der Waals surface area contributed by atoms with Gasteiger partial charge < -0.3 is 19.6 Å². The van der Waals surface area contributed by atoms with Crippen LogP contribution in [0.15, 0.2) is 42.5 Å². The fourth-order valence-corrected chi connectivity index (χ4v) is 3.80. The minimum atomic E-state index is -3.70. The number of alkyl halides is 2. The zero-order valence-corrected chi connectivity index (χ0v) is 13.8. The lowest BCUT2D eigenvalue weighted by molar-refractivity contribution is -0.286. The summed E-state index contributed by atoms with van der Waals surface area (Å²) in [6, 6.07) is 10.8. The monoisotopic (exact) mass is 372 g/mol. The molecule has 0 saturated carbocycles. The van der Waals surface area contributed by atoms with Crippen molar-refractivity contribution in [1.29, 1.82) is 0 Å². The predicted octanol–water partition coefficient (Wildman–Crippen LogP) is 3.18. The molecule has 2 aliphatic rings. The van der Waals surface area contributed by atoms with E-state index in [0.29, 0.717) is 12.0 Å². The van der Waals surface area contributed by atoms with Crippen molar-refractivity contribution >= 4 is 16.9 Å². The highest BCUT2D eigenvalue weighted by molar-refractivity contribution is 5.87. The van der Waals surface area contributed by atoms with Gasteiger partial charge in [-0.05, 0) is 29.3 Å². The topological polar surface area (TPSA) is 83.6 Å². The maximum atomic E-state index is 13.3. The summed E-state index contributed by atoms with van der Waals surface area (Å²) in [5.74, 6) is -1.09. The minimum absolute atomic E-state index is 0.0498. The van der Waals surface area contributed by atoms with Crippen molar-refractivity contribution in [2.45, 2.75) is 24.8 Å². The smallest absolute Gasteiger partial charge is 0.480 e. The summed E-state index contributed by atoms with van der Waals surface area (Å²) < 4.78 is 35.6. The molecule has 1 aromatic heterocycles. The van der Waals surface area contributed by atoms with Gasteiger partial charge in [-0.1, -0.05) is 24.3 Å². The van der Waals surface area contributed by atoms with E-state index in [1.807, 2.05) is 24.3 Å². The second-order valence-corrected chi connectivity index (χ2v) is 6.63. The molecule has 27 heavy (non-hydrogen) atoms. The highest BCUT2D eigenvalue weighted by Gasteiger charge is 2.44. The van der Waals surface area contributed by atoms with Crippen LogP contribution in [0, 0.1) is 0 Å². The van der Waals surface area contributed by atoms with Crippen LogP contribution in [0.2, 0.25) is 0 Å². The standard InChI is InChI=1S/C19H14F2N2O4/c20-19(21)26-14-6-5-9(7-15(14)27-19)16-17-11(8-13(23-16)18(24)25)10-3-1-2-4-12(10)22-17/h1-7,13,16,22-23H,8H2,(H,24,25)/t13-,16-/m0/s1. The van der Waals surface area contributed by atoms with Crippen molar-refractivity contribution in [2.24, 2.45) is 0 Å². The molecule has 6 nitrogen and oxygen atoms in total. The largest absolute Gasteiger partial charge is 0.586 e. The molecule has 2 aliphatic heterocycles. The van der Waals surface area contributed by atoms with E-state index < -0.39 is 24.3 Å². The fourth-order valence-electron chi connectivity index (χ4n) is 3.80. The molecule has 5 rings (SSSR count). The third kappa shape index (κ3) is 2.52. The number of ether oxygens (including phenoxy) is 2. The first-order chi connectivity index (χ1) is 12.9. The Hall–Kier alpha value is -3.13. The molecule has 3 heterocycles. The number of fused-ring (bicyclic) bond motifs is 4. The molecule has 0 bridgehead atoms. The third-order valence-corrected chi connectivity index (χ3v) is 4.97. The molecule has 8 heteroatoms. The Morgan fingerprint density at radius 1 is 1.15 bits per heavy atom. The number of nitrogens with one attached hydrogen (secondary N) is 2. The van der Waals surface area contributed by atoms with Crippen molar-refractivity contribution in [2.75, 3.05) is 0 Å². The Morgan fingerprint density at radius 3 is 2.74 bits per heavy atom. The molecule has 0 aliphatic carbocycles. The van der Waals surface area contributed by atoms with E-state index in [-0.39, 0.29) is 11.5 Å². The number of hydrogen-bond acceptors (Lipinski definition) is 4. The van der Waals surface area contributed by atoms with Crippen LogP contribution >= 0.6 is 0 Å². The number of carboxylic acid groups (broad SMARTS) is 1. The van der Waals surface area contributed by atoms with E-state index >= 15 is 0 Å². The lowest BCUT2D eigenvalue weighted by atomic mass is 9.90. The molecule has 3 aromatic rings. The van der Waals surface area contributed by atoms with Crippen molar-refractivity contribution in [3.63, 3.8) is 0 Å². The molecular formula is C19H14F2N2O4.